The number of aromatic nitrogens is 1. The van der Waals surface area contributed by atoms with E-state index in [-0.39, 0.29) is 36.5 Å². The molecule has 5 aromatic rings. The van der Waals surface area contributed by atoms with Crippen LogP contribution >= 0.6 is 0 Å². The van der Waals surface area contributed by atoms with Crippen molar-refractivity contribution in [2.24, 2.45) is 5.92 Å². The topological polar surface area (TPSA) is 116 Å². The van der Waals surface area contributed by atoms with Crippen LogP contribution in [0.1, 0.15) is 64.8 Å². The highest BCUT2D eigenvalue weighted by atomic mass is 16.7. The van der Waals surface area contributed by atoms with Gasteiger partial charge in [-0.25, -0.2) is 0 Å². The number of piperidine rings is 1. The second kappa shape index (κ2) is 16.1. The Kier molecular flexibility index (Phi) is 10.7. The number of likely N-dealkylation sites (tertiary alicyclic amines) is 1. The molecule has 10 nitrogen and oxygen atoms in total. The first kappa shape index (κ1) is 36.6. The highest BCUT2D eigenvalue weighted by Crippen LogP contribution is 2.43. The normalized spacial score (nSPS) is 22.4. The van der Waals surface area contributed by atoms with Crippen molar-refractivity contribution < 1.29 is 24.2 Å². The van der Waals surface area contributed by atoms with Gasteiger partial charge < -0.3 is 35.0 Å². The molecule has 55 heavy (non-hydrogen) atoms. The van der Waals surface area contributed by atoms with Gasteiger partial charge in [0.25, 0.3) is 5.91 Å². The number of benzene rings is 4. The van der Waals surface area contributed by atoms with E-state index in [0.717, 1.165) is 71.5 Å². The molecule has 0 bridgehead atoms. The van der Waals surface area contributed by atoms with Crippen LogP contribution in [0.4, 0.5) is 5.69 Å². The van der Waals surface area contributed by atoms with Gasteiger partial charge in [-0.2, -0.15) is 0 Å². The van der Waals surface area contributed by atoms with Gasteiger partial charge in [0.05, 0.1) is 31.0 Å². The van der Waals surface area contributed by atoms with Crippen molar-refractivity contribution in [3.05, 3.63) is 155 Å². The monoisotopic (exact) mass is 737 g/mol. The van der Waals surface area contributed by atoms with Crippen LogP contribution in [0.15, 0.2) is 128 Å². The number of ether oxygens (including phenoxy) is 2. The molecule has 10 heteroatoms. The van der Waals surface area contributed by atoms with Crippen LogP contribution in [0, 0.1) is 5.92 Å². The molecule has 1 aromatic heterocycles. The minimum Gasteiger partial charge on any atom is -0.392 e. The first-order valence-corrected chi connectivity index (χ1v) is 19.1. The molecule has 8 rings (SSSR count). The second-order valence-corrected chi connectivity index (χ2v) is 14.8. The average molecular weight is 738 g/mol. The number of aliphatic hydroxyl groups excluding tert-OH is 1. The zero-order valence-corrected chi connectivity index (χ0v) is 31.0. The largest absolute Gasteiger partial charge is 0.392 e. The smallest absolute Gasteiger partial charge is 0.253 e. The Balaban J connectivity index is 0.974. The Morgan fingerprint density at radius 2 is 1.64 bits per heavy atom. The Hall–Kier alpha value is -5.39. The highest BCUT2D eigenvalue weighted by Gasteiger charge is 2.51. The van der Waals surface area contributed by atoms with Crippen molar-refractivity contribution in [3.8, 4) is 11.1 Å². The summed E-state index contributed by atoms with van der Waals surface area (Å²) >= 11 is 0. The summed E-state index contributed by atoms with van der Waals surface area (Å²) in [6.07, 6.45) is 3.74. The Morgan fingerprint density at radius 3 is 2.36 bits per heavy atom. The lowest BCUT2D eigenvalue weighted by molar-refractivity contribution is -0.276. The van der Waals surface area contributed by atoms with Crippen molar-refractivity contribution in [1.29, 1.82) is 0 Å². The molecule has 0 radical (unpaired) electrons. The number of nitrogens with zero attached hydrogens (tertiary/aromatic N) is 3. The van der Waals surface area contributed by atoms with Crippen molar-refractivity contribution in [1.82, 2.24) is 20.5 Å². The summed E-state index contributed by atoms with van der Waals surface area (Å²) in [4.78, 5) is 34.6. The molecule has 4 heterocycles. The van der Waals surface area contributed by atoms with E-state index in [1.165, 1.54) is 0 Å². The second-order valence-electron chi connectivity index (χ2n) is 14.8. The van der Waals surface area contributed by atoms with E-state index >= 15 is 0 Å². The summed E-state index contributed by atoms with van der Waals surface area (Å²) in [5.41, 5.74) is 6.96. The molecule has 3 aliphatic rings. The number of hydrogen-bond acceptors (Lipinski definition) is 8. The first-order chi connectivity index (χ1) is 26.9. The number of aliphatic hydroxyl groups is 1. The number of hydrogen-bond donors (Lipinski definition) is 3. The number of nitrogens with one attached hydrogen (secondary N) is 2. The summed E-state index contributed by atoms with van der Waals surface area (Å²) in [6.45, 7) is 5.39. The lowest BCUT2D eigenvalue weighted by Crippen LogP contribution is -2.57. The van der Waals surface area contributed by atoms with Gasteiger partial charge in [0.2, 0.25) is 5.91 Å². The minimum atomic E-state index is -0.586. The molecule has 0 saturated carbocycles. The van der Waals surface area contributed by atoms with Gasteiger partial charge in [-0.05, 0) is 71.0 Å². The van der Waals surface area contributed by atoms with E-state index in [2.05, 4.69) is 80.9 Å². The van der Waals surface area contributed by atoms with Crippen LogP contribution in [0.2, 0.25) is 0 Å². The molecular formula is C45H47N5O5. The van der Waals surface area contributed by atoms with Gasteiger partial charge in [0, 0.05) is 55.7 Å². The number of carbonyl (C=O) groups excluding carboxylic acids is 2. The SMILES string of the molecule is C[C@@H]1[C@H](CN2CCC3(CC2)C(=O)NCN3c2ccccc2)O[C@H](c2ccc(-c3cccc(CNC(=O)c4cccnc4)c3)cc2)O[C@@H]1c1ccc(CO)cc1. The number of anilines is 1. The predicted octanol–water partition coefficient (Wildman–Crippen LogP) is 6.39. The summed E-state index contributed by atoms with van der Waals surface area (Å²) in [7, 11) is 0. The van der Waals surface area contributed by atoms with Crippen LogP contribution in [-0.2, 0) is 27.4 Å². The molecule has 0 unspecified atom stereocenters. The van der Waals surface area contributed by atoms with E-state index in [1.54, 1.807) is 24.5 Å². The van der Waals surface area contributed by atoms with Crippen LogP contribution in [-0.4, -0.2) is 64.8 Å². The molecule has 2 amide bonds. The third kappa shape index (κ3) is 7.77. The third-order valence-corrected chi connectivity index (χ3v) is 11.5. The zero-order chi connectivity index (χ0) is 37.8. The molecule has 1 spiro atoms. The summed E-state index contributed by atoms with van der Waals surface area (Å²) < 4.78 is 13.6. The Morgan fingerprint density at radius 1 is 0.873 bits per heavy atom. The maximum absolute atomic E-state index is 13.3. The van der Waals surface area contributed by atoms with Crippen LogP contribution in [0.25, 0.3) is 11.1 Å². The summed E-state index contributed by atoms with van der Waals surface area (Å²) in [5, 5.41) is 15.8. The van der Waals surface area contributed by atoms with E-state index in [4.69, 9.17) is 9.47 Å². The summed E-state index contributed by atoms with van der Waals surface area (Å²) in [5.74, 6) is -0.00463. The van der Waals surface area contributed by atoms with E-state index in [1.807, 2.05) is 54.6 Å². The number of rotatable bonds is 10. The number of carbonyl (C=O) groups is 2. The molecule has 4 aromatic carbocycles. The van der Waals surface area contributed by atoms with Crippen molar-refractivity contribution >= 4 is 17.5 Å². The number of amides is 2. The van der Waals surface area contributed by atoms with Crippen molar-refractivity contribution in [2.75, 3.05) is 31.2 Å². The van der Waals surface area contributed by atoms with Gasteiger partial charge in [0.1, 0.15) is 5.54 Å². The molecule has 3 aliphatic heterocycles. The van der Waals surface area contributed by atoms with Crippen LogP contribution in [0.3, 0.4) is 0 Å². The molecule has 0 aliphatic carbocycles. The fourth-order valence-electron chi connectivity index (χ4n) is 8.20. The van der Waals surface area contributed by atoms with E-state index < -0.39 is 11.8 Å². The lowest BCUT2D eigenvalue weighted by Gasteiger charge is -2.46. The number of pyridine rings is 1. The Labute approximate surface area is 322 Å². The molecule has 3 N–H and O–H groups in total. The zero-order valence-electron chi connectivity index (χ0n) is 31.0. The van der Waals surface area contributed by atoms with E-state index in [0.29, 0.717) is 18.8 Å². The lowest BCUT2D eigenvalue weighted by atomic mass is 9.84. The highest BCUT2D eigenvalue weighted by molar-refractivity contribution is 5.94. The summed E-state index contributed by atoms with van der Waals surface area (Å²) in [6, 6.07) is 38.2. The molecule has 4 atom stereocenters. The van der Waals surface area contributed by atoms with E-state index in [9.17, 15) is 14.7 Å². The minimum absolute atomic E-state index is 0.0127. The van der Waals surface area contributed by atoms with Crippen LogP contribution in [0.5, 0.6) is 0 Å². The molecule has 282 valence electrons. The first-order valence-electron chi connectivity index (χ1n) is 19.1. The molecule has 3 fully saturated rings. The maximum Gasteiger partial charge on any atom is 0.253 e. The molecule has 3 saturated heterocycles. The average Bonchev–Trinajstić information content (AvgIpc) is 3.56. The van der Waals surface area contributed by atoms with Gasteiger partial charge in [0.15, 0.2) is 6.29 Å². The fraction of sp³-hybridized carbons (Fsp3) is 0.311. The predicted molar refractivity (Wildman–Crippen MR) is 211 cm³/mol. The van der Waals surface area contributed by atoms with Crippen LogP contribution < -0.4 is 15.5 Å². The fourth-order valence-corrected chi connectivity index (χ4v) is 8.20. The third-order valence-electron chi connectivity index (χ3n) is 11.5. The Bertz CT molecular complexity index is 2070. The molecular weight excluding hydrogens is 691 g/mol. The van der Waals surface area contributed by atoms with Crippen molar-refractivity contribution in [2.45, 2.75) is 57.0 Å². The van der Waals surface area contributed by atoms with Gasteiger partial charge in [-0.15, -0.1) is 0 Å². The van der Waals surface area contributed by atoms with Gasteiger partial charge >= 0.3 is 0 Å². The quantitative estimate of drug-likeness (QED) is 0.151. The van der Waals surface area contributed by atoms with Gasteiger partial charge in [-0.1, -0.05) is 91.9 Å². The standard InChI is InChI=1S/C45H47N5O5/c1-31-40(28-49-23-20-45(21-24-49)44(53)48-30-50(45)39-10-3-2-4-11-39)54-43(55-41(31)35-14-12-32(29-51)13-15-35)36-18-16-34(17-19-36)37-8-5-7-33(25-37)26-47-42(52)38-9-6-22-46-27-38/h2-19,22,25,27,31,40-41,43,51H,20-21,23-24,26,28-30H2,1H3,(H,47,52)(H,48,53)/t31-,40+,41+,43+/m1/s1. The van der Waals surface area contributed by atoms with Crippen molar-refractivity contribution in [3.63, 3.8) is 0 Å². The van der Waals surface area contributed by atoms with Gasteiger partial charge in [-0.3, -0.25) is 14.6 Å². The number of para-hydroxylation sites is 1. The maximum atomic E-state index is 13.3.